The number of hydrazine groups is 1. The maximum Gasteiger partial charge on any atom is 0.218 e. The van der Waals surface area contributed by atoms with Gasteiger partial charge in [-0.2, -0.15) is 10.1 Å². The minimum absolute atomic E-state index is 0.409. The Balaban J connectivity index is 1.33. The fourth-order valence-corrected chi connectivity index (χ4v) is 3.25. The van der Waals surface area contributed by atoms with Crippen molar-refractivity contribution in [3.05, 3.63) is 42.1 Å². The van der Waals surface area contributed by atoms with Gasteiger partial charge in [0.15, 0.2) is 5.65 Å². The van der Waals surface area contributed by atoms with E-state index in [1.807, 2.05) is 29.8 Å². The SMILES string of the molecule is CNNC(=S)CNc1cc(OC[C@H]2C[C@@H]2c2cc3ncccn3n2)nc(C)n1. The largest absolute Gasteiger partial charge is 0.477 e. The topological polar surface area (TPSA) is 101 Å². The molecule has 3 aromatic heterocycles. The van der Waals surface area contributed by atoms with Gasteiger partial charge in [-0.25, -0.2) is 19.9 Å². The maximum absolute atomic E-state index is 5.93. The molecular formula is C18H22N8OS. The van der Waals surface area contributed by atoms with Crippen LogP contribution < -0.4 is 20.9 Å². The van der Waals surface area contributed by atoms with Crippen LogP contribution in [-0.2, 0) is 0 Å². The zero-order valence-corrected chi connectivity index (χ0v) is 16.5. The molecule has 3 heterocycles. The number of hydrogen-bond donors (Lipinski definition) is 3. The monoisotopic (exact) mass is 398 g/mol. The Morgan fingerprint density at radius 2 is 2.25 bits per heavy atom. The van der Waals surface area contributed by atoms with Crippen LogP contribution in [0, 0.1) is 12.8 Å². The van der Waals surface area contributed by atoms with Crippen LogP contribution in [0.4, 0.5) is 5.82 Å². The molecule has 146 valence electrons. The van der Waals surface area contributed by atoms with Crippen molar-refractivity contribution in [2.24, 2.45) is 5.92 Å². The van der Waals surface area contributed by atoms with E-state index in [-0.39, 0.29) is 0 Å². The second-order valence-corrected chi connectivity index (χ2v) is 7.19. The highest BCUT2D eigenvalue weighted by molar-refractivity contribution is 7.80. The Kier molecular flexibility index (Phi) is 5.31. The quantitative estimate of drug-likeness (QED) is 0.385. The van der Waals surface area contributed by atoms with E-state index in [2.05, 4.69) is 36.2 Å². The number of thiocarbonyl (C=S) groups is 1. The second-order valence-electron chi connectivity index (χ2n) is 6.70. The number of hydrogen-bond acceptors (Lipinski definition) is 8. The molecule has 4 rings (SSSR count). The van der Waals surface area contributed by atoms with Gasteiger partial charge in [0.25, 0.3) is 0 Å². The van der Waals surface area contributed by atoms with Crippen molar-refractivity contribution in [3.63, 3.8) is 0 Å². The van der Waals surface area contributed by atoms with Gasteiger partial charge in [-0.05, 0) is 19.4 Å². The van der Waals surface area contributed by atoms with E-state index in [1.165, 1.54) is 0 Å². The van der Waals surface area contributed by atoms with E-state index < -0.39 is 0 Å². The zero-order valence-electron chi connectivity index (χ0n) is 15.7. The number of rotatable bonds is 8. The summed E-state index contributed by atoms with van der Waals surface area (Å²) >= 11 is 5.17. The van der Waals surface area contributed by atoms with Gasteiger partial charge >= 0.3 is 0 Å². The highest BCUT2D eigenvalue weighted by Crippen LogP contribution is 2.47. The van der Waals surface area contributed by atoms with Crippen molar-refractivity contribution in [1.29, 1.82) is 0 Å². The molecule has 0 radical (unpaired) electrons. The summed E-state index contributed by atoms with van der Waals surface area (Å²) < 4.78 is 7.74. The molecule has 1 fully saturated rings. The molecule has 0 unspecified atom stereocenters. The first-order chi connectivity index (χ1) is 13.6. The zero-order chi connectivity index (χ0) is 19.5. The third-order valence-electron chi connectivity index (χ3n) is 4.51. The third-order valence-corrected chi connectivity index (χ3v) is 4.76. The first-order valence-electron chi connectivity index (χ1n) is 9.10. The molecule has 0 bridgehead atoms. The molecule has 9 nitrogen and oxygen atoms in total. The summed E-state index contributed by atoms with van der Waals surface area (Å²) in [7, 11) is 1.76. The number of aromatic nitrogens is 5. The van der Waals surface area contributed by atoms with Gasteiger partial charge in [0.2, 0.25) is 5.88 Å². The van der Waals surface area contributed by atoms with Crippen molar-refractivity contribution >= 4 is 28.7 Å². The summed E-state index contributed by atoms with van der Waals surface area (Å²) in [6.45, 7) is 2.91. The van der Waals surface area contributed by atoms with Gasteiger partial charge in [0.05, 0.1) is 18.8 Å². The summed E-state index contributed by atoms with van der Waals surface area (Å²) in [5.74, 6) is 2.73. The van der Waals surface area contributed by atoms with Crippen LogP contribution in [0.5, 0.6) is 5.88 Å². The van der Waals surface area contributed by atoms with Crippen LogP contribution in [0.1, 0.15) is 23.9 Å². The lowest BCUT2D eigenvalue weighted by molar-refractivity contribution is 0.284. The first kappa shape index (κ1) is 18.5. The van der Waals surface area contributed by atoms with Crippen LogP contribution in [0.15, 0.2) is 30.6 Å². The highest BCUT2D eigenvalue weighted by atomic mass is 32.1. The van der Waals surface area contributed by atoms with Gasteiger partial charge in [-0.3, -0.25) is 0 Å². The standard InChI is InChI=1S/C18H22N8OS/c1-11-22-15(21-9-18(28)24-19-2)8-17(23-11)27-10-12-6-13(12)14-7-16-20-4-3-5-26(16)25-14/h3-5,7-8,12-13,19H,6,9-10H2,1-2H3,(H,24,28)(H,21,22,23)/t12-,13+/m1/s1. The molecule has 0 amide bonds. The molecule has 2 atom stereocenters. The minimum atomic E-state index is 0.409. The number of nitrogens with zero attached hydrogens (tertiary/aromatic N) is 5. The highest BCUT2D eigenvalue weighted by Gasteiger charge is 2.41. The fraction of sp³-hybridized carbons (Fsp3) is 0.389. The van der Waals surface area contributed by atoms with E-state index >= 15 is 0 Å². The van der Waals surface area contributed by atoms with Crippen LogP contribution in [0.3, 0.4) is 0 Å². The number of nitrogens with one attached hydrogen (secondary N) is 3. The molecular weight excluding hydrogens is 376 g/mol. The van der Waals surface area contributed by atoms with Crippen LogP contribution in [-0.4, -0.2) is 49.8 Å². The smallest absolute Gasteiger partial charge is 0.218 e. The molecule has 1 saturated carbocycles. The number of ether oxygens (including phenoxy) is 1. The van der Waals surface area contributed by atoms with Gasteiger partial charge in [-0.15, -0.1) is 0 Å². The summed E-state index contributed by atoms with van der Waals surface area (Å²) in [5, 5.41) is 7.77. The molecule has 1 aliphatic carbocycles. The first-order valence-corrected chi connectivity index (χ1v) is 9.51. The van der Waals surface area contributed by atoms with Gasteiger partial charge < -0.3 is 15.5 Å². The van der Waals surface area contributed by atoms with Crippen LogP contribution >= 0.6 is 12.2 Å². The summed E-state index contributed by atoms with van der Waals surface area (Å²) in [5.41, 5.74) is 7.59. The molecule has 28 heavy (non-hydrogen) atoms. The van der Waals surface area contributed by atoms with Gasteiger partial charge in [0.1, 0.15) is 16.6 Å². The molecule has 3 aromatic rings. The lowest BCUT2D eigenvalue weighted by atomic mass is 10.2. The van der Waals surface area contributed by atoms with E-state index in [4.69, 9.17) is 17.0 Å². The fourth-order valence-electron chi connectivity index (χ4n) is 3.08. The van der Waals surface area contributed by atoms with Crippen molar-refractivity contribution in [2.45, 2.75) is 19.3 Å². The van der Waals surface area contributed by atoms with Crippen molar-refractivity contribution in [1.82, 2.24) is 35.4 Å². The Morgan fingerprint density at radius 3 is 3.07 bits per heavy atom. The molecule has 1 aliphatic rings. The van der Waals surface area contributed by atoms with Crippen molar-refractivity contribution < 1.29 is 4.74 Å². The summed E-state index contributed by atoms with van der Waals surface area (Å²) in [6.07, 6.45) is 4.75. The molecule has 3 N–H and O–H groups in total. The predicted octanol–water partition coefficient (Wildman–Crippen LogP) is 1.47. The molecule has 0 spiro atoms. The normalized spacial score (nSPS) is 18.1. The Morgan fingerprint density at radius 1 is 1.36 bits per heavy atom. The number of anilines is 1. The molecule has 0 aliphatic heterocycles. The second kappa shape index (κ2) is 8.03. The van der Waals surface area contributed by atoms with Crippen LogP contribution in [0.25, 0.3) is 5.65 Å². The minimum Gasteiger partial charge on any atom is -0.477 e. The maximum atomic E-state index is 5.93. The van der Waals surface area contributed by atoms with E-state index in [9.17, 15) is 0 Å². The van der Waals surface area contributed by atoms with Gasteiger partial charge in [-0.1, -0.05) is 12.2 Å². The number of fused-ring (bicyclic) bond motifs is 1. The third kappa shape index (κ3) is 4.34. The summed E-state index contributed by atoms with van der Waals surface area (Å²) in [4.78, 5) is 13.7. The van der Waals surface area contributed by atoms with Gasteiger partial charge in [0, 0.05) is 43.4 Å². The molecule has 10 heteroatoms. The van der Waals surface area contributed by atoms with E-state index in [0.717, 1.165) is 17.8 Å². The average Bonchev–Trinajstić information content (AvgIpc) is 3.33. The Bertz CT molecular complexity index is 958. The Hall–Kier alpha value is -2.85. The lowest BCUT2D eigenvalue weighted by Gasteiger charge is -2.11. The van der Waals surface area contributed by atoms with Crippen molar-refractivity contribution in [2.75, 3.05) is 25.5 Å². The lowest BCUT2D eigenvalue weighted by Crippen LogP contribution is -2.36. The van der Waals surface area contributed by atoms with E-state index in [1.54, 1.807) is 19.3 Å². The molecule has 0 saturated heterocycles. The average molecular weight is 398 g/mol. The van der Waals surface area contributed by atoms with E-state index in [0.29, 0.717) is 47.5 Å². The molecule has 0 aromatic carbocycles. The Labute approximate surface area is 167 Å². The van der Waals surface area contributed by atoms with Crippen molar-refractivity contribution in [3.8, 4) is 5.88 Å². The predicted molar refractivity (Wildman–Crippen MR) is 109 cm³/mol. The number of aryl methyl sites for hydroxylation is 1. The van der Waals surface area contributed by atoms with Crippen LogP contribution in [0.2, 0.25) is 0 Å². The summed E-state index contributed by atoms with van der Waals surface area (Å²) in [6, 6.07) is 5.71.